The zero-order valence-electron chi connectivity index (χ0n) is 11.9. The minimum atomic E-state index is -3.63. The van der Waals surface area contributed by atoms with Gasteiger partial charge in [-0.1, -0.05) is 12.1 Å². The monoisotopic (exact) mass is 311 g/mol. The van der Waals surface area contributed by atoms with E-state index in [9.17, 15) is 12.8 Å². The van der Waals surface area contributed by atoms with Crippen LogP contribution in [0.2, 0.25) is 0 Å². The third-order valence-corrected chi connectivity index (χ3v) is 5.67. The van der Waals surface area contributed by atoms with Crippen molar-refractivity contribution in [2.75, 3.05) is 20.1 Å². The summed E-state index contributed by atoms with van der Waals surface area (Å²) in [5.74, 6) is -0.366. The molecule has 1 aromatic carbocycles. The molecule has 0 spiro atoms. The Bertz CT molecular complexity index is 642. The van der Waals surface area contributed by atoms with Gasteiger partial charge in [0, 0.05) is 26.6 Å². The molecule has 1 aliphatic rings. The lowest BCUT2D eigenvalue weighted by Gasteiger charge is -2.28. The Hall–Kier alpha value is -1.49. The molecular weight excluding hydrogens is 293 g/mol. The van der Waals surface area contributed by atoms with E-state index in [0.29, 0.717) is 18.5 Å². The van der Waals surface area contributed by atoms with Crippen molar-refractivity contribution >= 4 is 10.2 Å². The maximum Gasteiger partial charge on any atom is 0.282 e. The van der Waals surface area contributed by atoms with E-state index < -0.39 is 10.2 Å². The molecule has 0 bridgehead atoms. The van der Waals surface area contributed by atoms with Crippen LogP contribution in [0.25, 0.3) is 0 Å². The molecule has 1 fully saturated rings. The summed E-state index contributed by atoms with van der Waals surface area (Å²) in [7, 11) is -2.16. The molecule has 0 aromatic heterocycles. The second-order valence-corrected chi connectivity index (χ2v) is 7.05. The van der Waals surface area contributed by atoms with Crippen molar-refractivity contribution < 1.29 is 12.8 Å². The Labute approximate surface area is 124 Å². The standard InChI is InChI=1S/C14H18FN3O2S/c1-17(9-4-8-16)21(19,20)18-10-3-7-14(18)12-5-2-6-13(15)11-12/h2,5-6,11,14H,3-4,7,9-10H2,1H3. The third kappa shape index (κ3) is 3.40. The van der Waals surface area contributed by atoms with Crippen molar-refractivity contribution in [3.8, 4) is 6.07 Å². The average molecular weight is 311 g/mol. The molecule has 1 heterocycles. The summed E-state index contributed by atoms with van der Waals surface area (Å²) in [5.41, 5.74) is 0.671. The van der Waals surface area contributed by atoms with Crippen molar-refractivity contribution in [3.63, 3.8) is 0 Å². The quantitative estimate of drug-likeness (QED) is 0.836. The Balaban J connectivity index is 2.24. The normalized spacial score (nSPS) is 19.8. The Morgan fingerprint density at radius 1 is 1.52 bits per heavy atom. The highest BCUT2D eigenvalue weighted by atomic mass is 32.2. The first-order chi connectivity index (χ1) is 9.96. The number of nitriles is 1. The van der Waals surface area contributed by atoms with Crippen LogP contribution in [-0.2, 0) is 10.2 Å². The van der Waals surface area contributed by atoms with Gasteiger partial charge in [-0.15, -0.1) is 0 Å². The first-order valence-corrected chi connectivity index (χ1v) is 8.22. The highest BCUT2D eigenvalue weighted by Crippen LogP contribution is 2.35. The van der Waals surface area contributed by atoms with Crippen molar-refractivity contribution in [3.05, 3.63) is 35.6 Å². The summed E-state index contributed by atoms with van der Waals surface area (Å²) >= 11 is 0. The fourth-order valence-electron chi connectivity index (χ4n) is 2.57. The molecule has 0 radical (unpaired) electrons. The molecule has 0 aliphatic carbocycles. The molecule has 1 atom stereocenters. The number of hydrogen-bond donors (Lipinski definition) is 0. The molecule has 2 rings (SSSR count). The largest absolute Gasteiger partial charge is 0.282 e. The molecule has 7 heteroatoms. The molecule has 0 saturated carbocycles. The Kier molecular flexibility index (Phi) is 4.93. The van der Waals surface area contributed by atoms with Crippen LogP contribution < -0.4 is 0 Å². The van der Waals surface area contributed by atoms with Crippen molar-refractivity contribution in [2.24, 2.45) is 0 Å². The molecule has 0 amide bonds. The lowest BCUT2D eigenvalue weighted by atomic mass is 10.1. The molecular formula is C14H18FN3O2S. The molecule has 1 aromatic rings. The summed E-state index contributed by atoms with van der Waals surface area (Å²) < 4.78 is 41.1. The number of rotatable bonds is 5. The lowest BCUT2D eigenvalue weighted by molar-refractivity contribution is 0.349. The summed E-state index contributed by atoms with van der Waals surface area (Å²) in [6.07, 6.45) is 1.56. The molecule has 1 aliphatic heterocycles. The number of hydrogen-bond acceptors (Lipinski definition) is 3. The van der Waals surface area contributed by atoms with Gasteiger partial charge in [-0.2, -0.15) is 22.3 Å². The van der Waals surface area contributed by atoms with Crippen LogP contribution in [0.4, 0.5) is 4.39 Å². The smallest absolute Gasteiger partial charge is 0.207 e. The van der Waals surface area contributed by atoms with Gasteiger partial charge in [-0.3, -0.25) is 0 Å². The van der Waals surface area contributed by atoms with Crippen LogP contribution in [0.3, 0.4) is 0 Å². The van der Waals surface area contributed by atoms with Crippen molar-refractivity contribution in [1.29, 1.82) is 5.26 Å². The van der Waals surface area contributed by atoms with Crippen LogP contribution in [0, 0.1) is 17.1 Å². The second kappa shape index (κ2) is 6.52. The fraction of sp³-hybridized carbons (Fsp3) is 0.500. The van der Waals surface area contributed by atoms with Gasteiger partial charge in [-0.05, 0) is 30.5 Å². The van der Waals surface area contributed by atoms with Crippen molar-refractivity contribution in [2.45, 2.75) is 25.3 Å². The minimum Gasteiger partial charge on any atom is -0.207 e. The fourth-order valence-corrected chi connectivity index (χ4v) is 4.15. The van der Waals surface area contributed by atoms with Gasteiger partial charge >= 0.3 is 0 Å². The van der Waals surface area contributed by atoms with Crippen molar-refractivity contribution in [1.82, 2.24) is 8.61 Å². The number of halogens is 1. The predicted octanol–water partition coefficient (Wildman–Crippen LogP) is 2.05. The molecule has 1 unspecified atom stereocenters. The van der Waals surface area contributed by atoms with E-state index >= 15 is 0 Å². The van der Waals surface area contributed by atoms with Gasteiger partial charge in [0.25, 0.3) is 10.2 Å². The van der Waals surface area contributed by atoms with Gasteiger partial charge in [0.1, 0.15) is 5.82 Å². The highest BCUT2D eigenvalue weighted by Gasteiger charge is 2.37. The lowest BCUT2D eigenvalue weighted by Crippen LogP contribution is -2.41. The summed E-state index contributed by atoms with van der Waals surface area (Å²) in [5, 5.41) is 8.58. The van der Waals surface area contributed by atoms with Gasteiger partial charge in [0.2, 0.25) is 0 Å². The van der Waals surface area contributed by atoms with E-state index in [1.165, 1.54) is 27.8 Å². The van der Waals surface area contributed by atoms with E-state index in [0.717, 1.165) is 6.42 Å². The van der Waals surface area contributed by atoms with Crippen LogP contribution in [0.5, 0.6) is 0 Å². The first-order valence-electron chi connectivity index (χ1n) is 6.82. The zero-order chi connectivity index (χ0) is 15.5. The first kappa shape index (κ1) is 15.9. The van der Waals surface area contributed by atoms with Gasteiger partial charge in [-0.25, -0.2) is 4.39 Å². The highest BCUT2D eigenvalue weighted by molar-refractivity contribution is 7.86. The van der Waals surface area contributed by atoms with Crippen LogP contribution in [0.1, 0.15) is 30.9 Å². The van der Waals surface area contributed by atoms with Gasteiger partial charge in [0.15, 0.2) is 0 Å². The maximum atomic E-state index is 13.4. The number of nitrogens with zero attached hydrogens (tertiary/aromatic N) is 3. The van der Waals surface area contributed by atoms with E-state index in [-0.39, 0.29) is 24.8 Å². The number of benzene rings is 1. The SMILES string of the molecule is CN(CCC#N)S(=O)(=O)N1CCCC1c1cccc(F)c1. The van der Waals surface area contributed by atoms with E-state index in [2.05, 4.69) is 0 Å². The average Bonchev–Trinajstić information content (AvgIpc) is 2.94. The summed E-state index contributed by atoms with van der Waals surface area (Å²) in [4.78, 5) is 0. The van der Waals surface area contributed by atoms with Gasteiger partial charge in [0.05, 0.1) is 12.1 Å². The van der Waals surface area contributed by atoms with E-state index in [1.807, 2.05) is 6.07 Å². The Morgan fingerprint density at radius 3 is 2.95 bits per heavy atom. The molecule has 114 valence electrons. The maximum absolute atomic E-state index is 13.4. The topological polar surface area (TPSA) is 64.4 Å². The predicted molar refractivity (Wildman–Crippen MR) is 76.9 cm³/mol. The van der Waals surface area contributed by atoms with Crippen LogP contribution in [0.15, 0.2) is 24.3 Å². The Morgan fingerprint density at radius 2 is 2.29 bits per heavy atom. The van der Waals surface area contributed by atoms with E-state index in [1.54, 1.807) is 12.1 Å². The van der Waals surface area contributed by atoms with Crippen LogP contribution in [-0.4, -0.2) is 37.2 Å². The third-order valence-electron chi connectivity index (χ3n) is 3.67. The second-order valence-electron chi connectivity index (χ2n) is 5.06. The molecule has 5 nitrogen and oxygen atoms in total. The zero-order valence-corrected chi connectivity index (χ0v) is 12.7. The molecule has 21 heavy (non-hydrogen) atoms. The summed E-state index contributed by atoms with van der Waals surface area (Å²) in [6.45, 7) is 0.575. The molecule has 0 N–H and O–H groups in total. The summed E-state index contributed by atoms with van der Waals surface area (Å²) in [6, 6.07) is 7.66. The van der Waals surface area contributed by atoms with Crippen LogP contribution >= 0.6 is 0 Å². The minimum absolute atomic E-state index is 0.147. The molecule has 1 saturated heterocycles. The van der Waals surface area contributed by atoms with E-state index in [4.69, 9.17) is 5.26 Å². The van der Waals surface area contributed by atoms with Gasteiger partial charge < -0.3 is 0 Å².